The molecular weight excluding hydrogens is 156 g/mol. The van der Waals surface area contributed by atoms with Crippen LogP contribution in [-0.4, -0.2) is 13.1 Å². The van der Waals surface area contributed by atoms with E-state index in [0.717, 1.165) is 19.3 Å². The van der Waals surface area contributed by atoms with Gasteiger partial charge in [0.25, 0.3) is 0 Å². The summed E-state index contributed by atoms with van der Waals surface area (Å²) in [7, 11) is 0. The summed E-state index contributed by atoms with van der Waals surface area (Å²) in [6, 6.07) is 0. The molecule has 0 bridgehead atoms. The average Bonchev–Trinajstić information content (AvgIpc) is 2.02. The summed E-state index contributed by atoms with van der Waals surface area (Å²) in [5, 5.41) is 7.03. The third-order valence-corrected chi connectivity index (χ3v) is 2.35. The lowest BCUT2D eigenvalue weighted by atomic mass is 9.69. The van der Waals surface area contributed by atoms with Gasteiger partial charge in [0.2, 0.25) is 0 Å². The smallest absolute Gasteiger partial charge is 0.0315 e. The van der Waals surface area contributed by atoms with Crippen molar-refractivity contribution < 1.29 is 0 Å². The molecule has 0 unspecified atom stereocenters. The number of hydrogen-bond donors (Lipinski definition) is 0. The molecule has 0 saturated heterocycles. The van der Waals surface area contributed by atoms with Gasteiger partial charge in [0.15, 0.2) is 0 Å². The van der Waals surface area contributed by atoms with Crippen molar-refractivity contribution in [2.75, 3.05) is 13.1 Å². The van der Waals surface area contributed by atoms with Crippen molar-refractivity contribution in [2.24, 2.45) is 15.6 Å². The third-order valence-electron chi connectivity index (χ3n) is 2.35. The Morgan fingerprint density at radius 2 is 1.58 bits per heavy atom. The highest BCUT2D eigenvalue weighted by Crippen LogP contribution is 2.41. The molecule has 0 aromatic carbocycles. The van der Waals surface area contributed by atoms with E-state index in [4.69, 9.17) is 11.1 Å². The van der Waals surface area contributed by atoms with Crippen molar-refractivity contribution in [1.29, 1.82) is 0 Å². The maximum atomic E-state index is 8.13. The van der Waals surface area contributed by atoms with Gasteiger partial charge >= 0.3 is 0 Å². The molecule has 6 nitrogen and oxygen atoms in total. The first-order chi connectivity index (χ1) is 5.83. The lowest BCUT2D eigenvalue weighted by molar-refractivity contribution is 0.156. The zero-order chi connectivity index (χ0) is 8.86. The minimum atomic E-state index is -0.0154. The predicted molar refractivity (Wildman–Crippen MR) is 44.3 cm³/mol. The highest BCUT2D eigenvalue weighted by atomic mass is 15.2. The normalized spacial score (nSPS) is 18.3. The maximum absolute atomic E-state index is 8.13. The summed E-state index contributed by atoms with van der Waals surface area (Å²) >= 11 is 0. The van der Waals surface area contributed by atoms with E-state index < -0.39 is 0 Å². The van der Waals surface area contributed by atoms with Gasteiger partial charge in [-0.1, -0.05) is 16.6 Å². The van der Waals surface area contributed by atoms with Crippen LogP contribution in [0.25, 0.3) is 20.9 Å². The van der Waals surface area contributed by atoms with Crippen LogP contribution < -0.4 is 0 Å². The molecule has 64 valence electrons. The Morgan fingerprint density at radius 1 is 1.08 bits per heavy atom. The molecule has 0 N–H and O–H groups in total. The van der Waals surface area contributed by atoms with E-state index in [1.807, 2.05) is 0 Å². The molecule has 0 aromatic heterocycles. The van der Waals surface area contributed by atoms with Crippen LogP contribution in [0, 0.1) is 5.41 Å². The highest BCUT2D eigenvalue weighted by Gasteiger charge is 2.35. The molecule has 1 aliphatic carbocycles. The van der Waals surface area contributed by atoms with E-state index in [1.165, 1.54) is 0 Å². The molecule has 0 spiro atoms. The molecule has 1 aliphatic rings. The average molecular weight is 166 g/mol. The first-order valence-corrected chi connectivity index (χ1v) is 3.85. The van der Waals surface area contributed by atoms with Crippen LogP contribution in [0.2, 0.25) is 0 Å². The number of hydrogen-bond acceptors (Lipinski definition) is 2. The Morgan fingerprint density at radius 3 is 1.83 bits per heavy atom. The lowest BCUT2D eigenvalue weighted by Gasteiger charge is -2.39. The van der Waals surface area contributed by atoms with Gasteiger partial charge in [0.1, 0.15) is 0 Å². The topological polar surface area (TPSA) is 97.5 Å². The highest BCUT2D eigenvalue weighted by molar-refractivity contribution is 4.91. The molecule has 6 heteroatoms. The SMILES string of the molecule is [N-]=[N+]=NCC1(CN=[N+]=[N-])CCC1. The quantitative estimate of drug-likeness (QED) is 0.348. The van der Waals surface area contributed by atoms with Crippen molar-refractivity contribution >= 4 is 0 Å². The van der Waals surface area contributed by atoms with Gasteiger partial charge in [-0.05, 0) is 29.3 Å². The monoisotopic (exact) mass is 166 g/mol. The molecule has 0 amide bonds. The Hall–Kier alpha value is -1.38. The minimum Gasteiger partial charge on any atom is -0.0934 e. The van der Waals surface area contributed by atoms with Crippen LogP contribution in [0.1, 0.15) is 19.3 Å². The van der Waals surface area contributed by atoms with Crippen molar-refractivity contribution in [2.45, 2.75) is 19.3 Å². The van der Waals surface area contributed by atoms with Crippen LogP contribution in [0.15, 0.2) is 10.2 Å². The van der Waals surface area contributed by atoms with Crippen molar-refractivity contribution in [1.82, 2.24) is 0 Å². The van der Waals surface area contributed by atoms with Crippen molar-refractivity contribution in [3.63, 3.8) is 0 Å². The summed E-state index contributed by atoms with van der Waals surface area (Å²) in [5.74, 6) is 0. The van der Waals surface area contributed by atoms with Crippen LogP contribution in [-0.2, 0) is 0 Å². The number of nitrogens with zero attached hydrogens (tertiary/aromatic N) is 6. The maximum Gasteiger partial charge on any atom is 0.0315 e. The summed E-state index contributed by atoms with van der Waals surface area (Å²) in [6.07, 6.45) is 3.15. The molecule has 0 aromatic rings. The second-order valence-electron chi connectivity index (χ2n) is 3.13. The van der Waals surface area contributed by atoms with Crippen LogP contribution >= 0.6 is 0 Å². The molecule has 1 fully saturated rings. The second-order valence-corrected chi connectivity index (χ2v) is 3.13. The number of rotatable bonds is 4. The van der Waals surface area contributed by atoms with E-state index in [1.54, 1.807) is 0 Å². The van der Waals surface area contributed by atoms with Gasteiger partial charge in [0.05, 0.1) is 0 Å². The summed E-state index contributed by atoms with van der Waals surface area (Å²) in [4.78, 5) is 5.40. The molecule has 0 heterocycles. The fourth-order valence-electron chi connectivity index (χ4n) is 1.41. The number of azide groups is 2. The van der Waals surface area contributed by atoms with Crippen molar-refractivity contribution in [3.05, 3.63) is 20.9 Å². The summed E-state index contributed by atoms with van der Waals surface area (Å²) in [5.41, 5.74) is 16.2. The van der Waals surface area contributed by atoms with Crippen molar-refractivity contribution in [3.8, 4) is 0 Å². The first kappa shape index (κ1) is 8.71. The predicted octanol–water partition coefficient (Wildman–Crippen LogP) is 2.78. The van der Waals surface area contributed by atoms with Gasteiger partial charge in [0, 0.05) is 22.9 Å². The van der Waals surface area contributed by atoms with E-state index >= 15 is 0 Å². The standard InChI is InChI=1S/C6H10N6/c7-11-9-4-6(2-1-3-6)5-10-12-8/h1-5H2. The second kappa shape index (κ2) is 3.85. The van der Waals surface area contributed by atoms with Gasteiger partial charge < -0.3 is 0 Å². The molecule has 1 saturated carbocycles. The van der Waals surface area contributed by atoms with Crippen LogP contribution in [0.5, 0.6) is 0 Å². The fourth-order valence-corrected chi connectivity index (χ4v) is 1.41. The Bertz CT molecular complexity index is 221. The Balaban J connectivity index is 2.49. The zero-order valence-corrected chi connectivity index (χ0v) is 6.72. The summed E-state index contributed by atoms with van der Waals surface area (Å²) < 4.78 is 0. The zero-order valence-electron chi connectivity index (χ0n) is 6.72. The van der Waals surface area contributed by atoms with E-state index in [9.17, 15) is 0 Å². The molecular formula is C6H10N6. The Kier molecular flexibility index (Phi) is 2.80. The van der Waals surface area contributed by atoms with E-state index in [-0.39, 0.29) is 5.41 Å². The van der Waals surface area contributed by atoms with E-state index in [0.29, 0.717) is 13.1 Å². The largest absolute Gasteiger partial charge is 0.0934 e. The Labute approximate surface area is 69.8 Å². The molecule has 1 rings (SSSR count). The van der Waals surface area contributed by atoms with Gasteiger partial charge in [-0.3, -0.25) is 0 Å². The van der Waals surface area contributed by atoms with E-state index in [2.05, 4.69) is 20.1 Å². The fraction of sp³-hybridized carbons (Fsp3) is 1.00. The lowest BCUT2D eigenvalue weighted by Crippen LogP contribution is -2.35. The first-order valence-electron chi connectivity index (χ1n) is 3.85. The molecule has 12 heavy (non-hydrogen) atoms. The molecule has 0 aliphatic heterocycles. The van der Waals surface area contributed by atoms with Gasteiger partial charge in [-0.15, -0.1) is 0 Å². The summed E-state index contributed by atoms with van der Waals surface area (Å²) in [6.45, 7) is 0.922. The van der Waals surface area contributed by atoms with Crippen LogP contribution in [0.3, 0.4) is 0 Å². The third kappa shape index (κ3) is 1.81. The van der Waals surface area contributed by atoms with Gasteiger partial charge in [-0.25, -0.2) is 0 Å². The minimum absolute atomic E-state index is 0.0154. The van der Waals surface area contributed by atoms with Crippen LogP contribution in [0.4, 0.5) is 0 Å². The van der Waals surface area contributed by atoms with Gasteiger partial charge in [-0.2, -0.15) is 0 Å². The molecule has 0 atom stereocenters. The molecule has 0 radical (unpaired) electrons.